The van der Waals surface area contributed by atoms with Gasteiger partial charge in [-0.3, -0.25) is 14.6 Å². The van der Waals surface area contributed by atoms with Crippen LogP contribution in [0, 0.1) is 5.92 Å². The highest BCUT2D eigenvalue weighted by Crippen LogP contribution is 2.29. The lowest BCUT2D eigenvalue weighted by atomic mass is 9.95. The van der Waals surface area contributed by atoms with Gasteiger partial charge in [0.2, 0.25) is 5.91 Å². The second kappa shape index (κ2) is 11.1. The third-order valence-corrected chi connectivity index (χ3v) is 6.65. The van der Waals surface area contributed by atoms with Gasteiger partial charge >= 0.3 is 0 Å². The lowest BCUT2D eigenvalue weighted by Crippen LogP contribution is -2.43. The van der Waals surface area contributed by atoms with Crippen molar-refractivity contribution in [2.24, 2.45) is 5.92 Å². The van der Waals surface area contributed by atoms with E-state index in [0.29, 0.717) is 49.5 Å². The predicted molar refractivity (Wildman–Crippen MR) is 140 cm³/mol. The van der Waals surface area contributed by atoms with Gasteiger partial charge in [-0.25, -0.2) is 4.68 Å². The minimum absolute atomic E-state index is 0.0184. The normalized spacial score (nSPS) is 13.8. The van der Waals surface area contributed by atoms with E-state index >= 15 is 0 Å². The van der Waals surface area contributed by atoms with Crippen LogP contribution in [0.3, 0.4) is 0 Å². The van der Waals surface area contributed by atoms with Crippen LogP contribution in [0.2, 0.25) is 0 Å². The van der Waals surface area contributed by atoms with Gasteiger partial charge in [0, 0.05) is 49.7 Å². The molecule has 0 spiro atoms. The van der Waals surface area contributed by atoms with Crippen LogP contribution >= 0.6 is 0 Å². The number of para-hydroxylation sites is 1. The first-order valence-electron chi connectivity index (χ1n) is 12.4. The zero-order valence-electron chi connectivity index (χ0n) is 20.7. The molecule has 1 fully saturated rings. The third kappa shape index (κ3) is 5.53. The van der Waals surface area contributed by atoms with Crippen molar-refractivity contribution in [3.63, 3.8) is 0 Å². The minimum atomic E-state index is -0.120. The number of rotatable bonds is 7. The summed E-state index contributed by atoms with van der Waals surface area (Å²) < 4.78 is 7.13. The van der Waals surface area contributed by atoms with Gasteiger partial charge in [0.05, 0.1) is 18.4 Å². The van der Waals surface area contributed by atoms with Crippen LogP contribution in [0.4, 0.5) is 0 Å². The largest absolute Gasteiger partial charge is 0.497 e. The third-order valence-electron chi connectivity index (χ3n) is 6.65. The Morgan fingerprint density at radius 1 is 1.03 bits per heavy atom. The molecule has 5 rings (SSSR count). The first-order valence-corrected chi connectivity index (χ1v) is 12.4. The van der Waals surface area contributed by atoms with E-state index in [-0.39, 0.29) is 17.7 Å². The second-order valence-electron chi connectivity index (χ2n) is 9.05. The molecule has 0 radical (unpaired) electrons. The number of nitrogens with zero attached hydrogens (tertiary/aromatic N) is 4. The number of carbonyl (C=O) groups excluding carboxylic acids is 2. The van der Waals surface area contributed by atoms with E-state index in [1.165, 1.54) is 0 Å². The summed E-state index contributed by atoms with van der Waals surface area (Å²) in [7, 11) is 1.62. The van der Waals surface area contributed by atoms with Crippen LogP contribution in [-0.4, -0.2) is 51.7 Å². The van der Waals surface area contributed by atoms with E-state index in [9.17, 15) is 9.59 Å². The number of likely N-dealkylation sites (tertiary alicyclic amines) is 1. The fourth-order valence-electron chi connectivity index (χ4n) is 4.58. The number of hydrogen-bond acceptors (Lipinski definition) is 5. The molecular formula is C29H29N5O3. The molecule has 0 unspecified atom stereocenters. The number of methoxy groups -OCH3 is 1. The zero-order chi connectivity index (χ0) is 25.6. The van der Waals surface area contributed by atoms with E-state index in [4.69, 9.17) is 9.84 Å². The molecule has 188 valence electrons. The monoisotopic (exact) mass is 495 g/mol. The van der Waals surface area contributed by atoms with Crippen molar-refractivity contribution < 1.29 is 14.3 Å². The molecule has 8 nitrogen and oxygen atoms in total. The maximum absolute atomic E-state index is 13.7. The van der Waals surface area contributed by atoms with Crippen molar-refractivity contribution in [1.82, 2.24) is 25.0 Å². The molecule has 2 aromatic carbocycles. The first kappa shape index (κ1) is 24.2. The summed E-state index contributed by atoms with van der Waals surface area (Å²) in [4.78, 5) is 32.3. The van der Waals surface area contributed by atoms with Gasteiger partial charge in [-0.15, -0.1) is 0 Å². The molecule has 8 heteroatoms. The number of amides is 2. The molecule has 37 heavy (non-hydrogen) atoms. The van der Waals surface area contributed by atoms with Crippen molar-refractivity contribution in [2.45, 2.75) is 19.4 Å². The van der Waals surface area contributed by atoms with Crippen LogP contribution in [-0.2, 0) is 11.3 Å². The van der Waals surface area contributed by atoms with E-state index in [2.05, 4.69) is 10.3 Å². The van der Waals surface area contributed by atoms with Crippen LogP contribution < -0.4 is 10.1 Å². The average molecular weight is 496 g/mol. The molecule has 1 aliphatic heterocycles. The van der Waals surface area contributed by atoms with Gasteiger partial charge in [0.15, 0.2) is 0 Å². The summed E-state index contributed by atoms with van der Waals surface area (Å²) in [6.07, 6.45) is 6.48. The highest BCUT2D eigenvalue weighted by atomic mass is 16.5. The molecule has 1 N–H and O–H groups in total. The predicted octanol–water partition coefficient (Wildman–Crippen LogP) is 4.11. The maximum Gasteiger partial charge on any atom is 0.257 e. The Hall–Kier alpha value is -4.46. The van der Waals surface area contributed by atoms with E-state index in [1.54, 1.807) is 30.4 Å². The van der Waals surface area contributed by atoms with Crippen molar-refractivity contribution in [2.75, 3.05) is 20.2 Å². The van der Waals surface area contributed by atoms with E-state index in [1.807, 2.05) is 71.6 Å². The number of ether oxygens (including phenoxy) is 1. The molecule has 2 aromatic heterocycles. The van der Waals surface area contributed by atoms with Crippen LogP contribution in [0.25, 0.3) is 16.9 Å². The summed E-state index contributed by atoms with van der Waals surface area (Å²) in [5.41, 5.74) is 3.77. The number of pyridine rings is 1. The number of carbonyl (C=O) groups is 2. The Bertz CT molecular complexity index is 1360. The number of aromatic nitrogens is 3. The molecule has 4 aromatic rings. The Morgan fingerprint density at radius 3 is 2.57 bits per heavy atom. The number of nitrogens with one attached hydrogen (secondary N) is 1. The van der Waals surface area contributed by atoms with Gasteiger partial charge in [0.25, 0.3) is 5.91 Å². The molecular weight excluding hydrogens is 466 g/mol. The van der Waals surface area contributed by atoms with Crippen LogP contribution in [0.5, 0.6) is 5.75 Å². The van der Waals surface area contributed by atoms with Crippen LogP contribution in [0.15, 0.2) is 85.3 Å². The lowest BCUT2D eigenvalue weighted by Gasteiger charge is -2.31. The number of piperidine rings is 1. The highest BCUT2D eigenvalue weighted by molar-refractivity contribution is 6.00. The Labute approximate surface area is 215 Å². The summed E-state index contributed by atoms with van der Waals surface area (Å²) in [6.45, 7) is 1.48. The lowest BCUT2D eigenvalue weighted by molar-refractivity contribution is -0.126. The van der Waals surface area contributed by atoms with Gasteiger partial charge < -0.3 is 15.0 Å². The highest BCUT2D eigenvalue weighted by Gasteiger charge is 2.30. The van der Waals surface area contributed by atoms with Gasteiger partial charge in [-0.1, -0.05) is 36.4 Å². The maximum atomic E-state index is 13.7. The summed E-state index contributed by atoms with van der Waals surface area (Å²) >= 11 is 0. The van der Waals surface area contributed by atoms with Crippen molar-refractivity contribution in [1.29, 1.82) is 0 Å². The molecule has 0 atom stereocenters. The molecule has 2 amide bonds. The molecule has 1 saturated heterocycles. The van der Waals surface area contributed by atoms with Crippen molar-refractivity contribution in [3.8, 4) is 22.7 Å². The number of benzene rings is 2. The fourth-order valence-corrected chi connectivity index (χ4v) is 4.58. The van der Waals surface area contributed by atoms with E-state index < -0.39 is 0 Å². The fraction of sp³-hybridized carbons (Fsp3) is 0.241. The Morgan fingerprint density at radius 2 is 1.84 bits per heavy atom. The molecule has 3 heterocycles. The SMILES string of the molecule is COc1cccc(-c2nn(-c3ccccc3)cc2C(=O)N2CCC(C(=O)NCc3cccnc3)CC2)c1. The summed E-state index contributed by atoms with van der Waals surface area (Å²) in [5.74, 6) is 0.507. The Kier molecular flexibility index (Phi) is 7.26. The standard InChI is InChI=1S/C29H29N5O3/c1-37-25-11-5-8-23(17-25)27-26(20-34(32-27)24-9-3-2-4-10-24)29(36)33-15-12-22(13-16-33)28(35)31-19-21-7-6-14-30-18-21/h2-11,14,17-18,20,22H,12-13,15-16,19H2,1H3,(H,31,35). The van der Waals surface area contributed by atoms with E-state index in [0.717, 1.165) is 16.8 Å². The zero-order valence-corrected chi connectivity index (χ0v) is 20.7. The summed E-state index contributed by atoms with van der Waals surface area (Å²) in [6, 6.07) is 21.1. The second-order valence-corrected chi connectivity index (χ2v) is 9.05. The van der Waals surface area contributed by atoms with Crippen molar-refractivity contribution in [3.05, 3.63) is 96.4 Å². The summed E-state index contributed by atoms with van der Waals surface area (Å²) in [5, 5.41) is 7.78. The van der Waals surface area contributed by atoms with Gasteiger partial charge in [-0.2, -0.15) is 5.10 Å². The Balaban J connectivity index is 1.32. The van der Waals surface area contributed by atoms with Gasteiger partial charge in [-0.05, 0) is 48.7 Å². The molecule has 0 bridgehead atoms. The molecule has 0 aliphatic carbocycles. The van der Waals surface area contributed by atoms with Gasteiger partial charge in [0.1, 0.15) is 11.4 Å². The quantitative estimate of drug-likeness (QED) is 0.417. The smallest absolute Gasteiger partial charge is 0.257 e. The van der Waals surface area contributed by atoms with Crippen molar-refractivity contribution >= 4 is 11.8 Å². The minimum Gasteiger partial charge on any atom is -0.497 e. The average Bonchev–Trinajstić information content (AvgIpc) is 3.42. The first-order chi connectivity index (χ1) is 18.1. The topological polar surface area (TPSA) is 89.4 Å². The molecule has 1 aliphatic rings. The van der Waals surface area contributed by atoms with Crippen LogP contribution in [0.1, 0.15) is 28.8 Å². The number of hydrogen-bond donors (Lipinski definition) is 1. The molecule has 0 saturated carbocycles.